The predicted molar refractivity (Wildman–Crippen MR) is 79.5 cm³/mol. The number of nitrogens with zero attached hydrogens (tertiary/aromatic N) is 2. The number of rotatable bonds is 8. The van der Waals surface area contributed by atoms with Gasteiger partial charge in [0.15, 0.2) is 6.29 Å². The first-order valence-corrected chi connectivity index (χ1v) is 6.63. The van der Waals surface area contributed by atoms with Gasteiger partial charge in [-0.05, 0) is 0 Å². The van der Waals surface area contributed by atoms with Gasteiger partial charge >= 0.3 is 11.9 Å². The number of methoxy groups -OCH3 is 2. The minimum Gasteiger partial charge on any atom is -0.507 e. The molecule has 0 fully saturated rings. The number of ether oxygens (including phenoxy) is 2. The van der Waals surface area contributed by atoms with Gasteiger partial charge in [0.1, 0.15) is 5.75 Å². The molecule has 130 valence electrons. The first-order chi connectivity index (χ1) is 11.3. The number of nitro benzene ring substituents is 1. The van der Waals surface area contributed by atoms with Crippen LogP contribution < -0.4 is 0 Å². The molecule has 0 aliphatic rings. The molecule has 0 aliphatic heterocycles. The maximum Gasteiger partial charge on any atom is 0.319 e. The van der Waals surface area contributed by atoms with Crippen molar-refractivity contribution in [2.24, 2.45) is 0 Å². The molecule has 0 amide bonds. The van der Waals surface area contributed by atoms with Gasteiger partial charge in [0, 0.05) is 24.2 Å². The smallest absolute Gasteiger partial charge is 0.319 e. The molecule has 1 aromatic rings. The fourth-order valence-corrected chi connectivity index (χ4v) is 1.92. The second-order valence-electron chi connectivity index (χ2n) is 4.72. The fraction of sp³-hybridized carbons (Fsp3) is 0.357. The van der Waals surface area contributed by atoms with E-state index in [2.05, 4.69) is 9.47 Å². The van der Waals surface area contributed by atoms with Crippen LogP contribution in [0.4, 0.5) is 5.69 Å². The van der Waals surface area contributed by atoms with Gasteiger partial charge in [-0.15, -0.1) is 0 Å². The van der Waals surface area contributed by atoms with E-state index in [1.165, 1.54) is 4.90 Å². The van der Waals surface area contributed by atoms with Gasteiger partial charge in [0.25, 0.3) is 5.69 Å². The van der Waals surface area contributed by atoms with Gasteiger partial charge < -0.3 is 14.6 Å². The number of benzene rings is 1. The highest BCUT2D eigenvalue weighted by Gasteiger charge is 2.21. The summed E-state index contributed by atoms with van der Waals surface area (Å²) < 4.78 is 9.02. The molecule has 10 nitrogen and oxygen atoms in total. The summed E-state index contributed by atoms with van der Waals surface area (Å²) in [5, 5.41) is 20.9. The maximum atomic E-state index is 11.4. The Morgan fingerprint density at radius 3 is 2.21 bits per heavy atom. The zero-order valence-electron chi connectivity index (χ0n) is 13.1. The lowest BCUT2D eigenvalue weighted by Crippen LogP contribution is -2.35. The molecular weight excluding hydrogens is 324 g/mol. The van der Waals surface area contributed by atoms with Gasteiger partial charge in [0.05, 0.1) is 37.8 Å². The summed E-state index contributed by atoms with van der Waals surface area (Å²) in [6, 6.07) is 1.99. The van der Waals surface area contributed by atoms with Crippen LogP contribution in [0.3, 0.4) is 0 Å². The summed E-state index contributed by atoms with van der Waals surface area (Å²) >= 11 is 0. The second kappa shape index (κ2) is 8.58. The van der Waals surface area contributed by atoms with Crippen molar-refractivity contribution >= 4 is 23.9 Å². The Balaban J connectivity index is 3.17. The van der Waals surface area contributed by atoms with E-state index in [9.17, 15) is 29.6 Å². The Labute approximate surface area is 136 Å². The van der Waals surface area contributed by atoms with Crippen LogP contribution in [-0.4, -0.2) is 60.5 Å². The summed E-state index contributed by atoms with van der Waals surface area (Å²) in [6.07, 6.45) is 0.275. The minimum absolute atomic E-state index is 0.0131. The molecule has 0 atom stereocenters. The van der Waals surface area contributed by atoms with Gasteiger partial charge in [-0.25, -0.2) is 0 Å². The number of aldehydes is 1. The van der Waals surface area contributed by atoms with Gasteiger partial charge in [-0.2, -0.15) is 0 Å². The van der Waals surface area contributed by atoms with Gasteiger partial charge in [-0.3, -0.25) is 29.4 Å². The normalized spacial score (nSPS) is 10.3. The molecule has 0 heterocycles. The first kappa shape index (κ1) is 19.0. The van der Waals surface area contributed by atoms with Crippen molar-refractivity contribution in [1.29, 1.82) is 0 Å². The van der Waals surface area contributed by atoms with E-state index >= 15 is 0 Å². The van der Waals surface area contributed by atoms with E-state index in [4.69, 9.17) is 0 Å². The molecule has 0 aliphatic carbocycles. The lowest BCUT2D eigenvalue weighted by atomic mass is 10.1. The Hall–Kier alpha value is -3.01. The maximum absolute atomic E-state index is 11.4. The van der Waals surface area contributed by atoms with Crippen LogP contribution in [0, 0.1) is 10.1 Å². The van der Waals surface area contributed by atoms with E-state index in [0.29, 0.717) is 0 Å². The zero-order valence-corrected chi connectivity index (χ0v) is 13.1. The first-order valence-electron chi connectivity index (χ1n) is 6.63. The molecule has 1 rings (SSSR count). The lowest BCUT2D eigenvalue weighted by molar-refractivity contribution is -0.385. The van der Waals surface area contributed by atoms with E-state index in [1.54, 1.807) is 0 Å². The topological polar surface area (TPSA) is 136 Å². The number of esters is 2. The van der Waals surface area contributed by atoms with Crippen molar-refractivity contribution in [1.82, 2.24) is 4.90 Å². The van der Waals surface area contributed by atoms with Crippen LogP contribution in [0.2, 0.25) is 0 Å². The van der Waals surface area contributed by atoms with Crippen molar-refractivity contribution in [3.63, 3.8) is 0 Å². The van der Waals surface area contributed by atoms with Gasteiger partial charge in [-0.1, -0.05) is 0 Å². The lowest BCUT2D eigenvalue weighted by Gasteiger charge is -2.20. The van der Waals surface area contributed by atoms with Crippen molar-refractivity contribution in [2.45, 2.75) is 6.54 Å². The van der Waals surface area contributed by atoms with Crippen molar-refractivity contribution in [3.05, 3.63) is 33.4 Å². The van der Waals surface area contributed by atoms with Crippen LogP contribution in [-0.2, 0) is 25.6 Å². The summed E-state index contributed by atoms with van der Waals surface area (Å²) in [5.74, 6) is -1.77. The van der Waals surface area contributed by atoms with E-state index in [1.807, 2.05) is 0 Å². The summed E-state index contributed by atoms with van der Waals surface area (Å²) in [7, 11) is 2.32. The molecule has 24 heavy (non-hydrogen) atoms. The molecular formula is C14H16N2O8. The Morgan fingerprint density at radius 1 is 1.25 bits per heavy atom. The molecule has 0 saturated carbocycles. The highest BCUT2D eigenvalue weighted by Crippen LogP contribution is 2.28. The molecule has 0 radical (unpaired) electrons. The predicted octanol–water partition coefficient (Wildman–Crippen LogP) is 0.261. The third kappa shape index (κ3) is 5.02. The van der Waals surface area contributed by atoms with Crippen molar-refractivity contribution < 1.29 is 33.9 Å². The number of carbonyl (C=O) groups is 3. The number of hydrogen-bond acceptors (Lipinski definition) is 9. The second-order valence-corrected chi connectivity index (χ2v) is 4.72. The molecule has 1 aromatic carbocycles. The van der Waals surface area contributed by atoms with Crippen LogP contribution in [0.25, 0.3) is 0 Å². The van der Waals surface area contributed by atoms with Crippen LogP contribution in [0.5, 0.6) is 5.75 Å². The van der Waals surface area contributed by atoms with Crippen LogP contribution in [0.1, 0.15) is 15.9 Å². The fourth-order valence-electron chi connectivity index (χ4n) is 1.92. The number of aromatic hydroxyl groups is 1. The summed E-state index contributed by atoms with van der Waals surface area (Å²) in [6.45, 7) is -0.840. The summed E-state index contributed by atoms with van der Waals surface area (Å²) in [5.41, 5.74) is -0.657. The average Bonchev–Trinajstić information content (AvgIpc) is 2.55. The number of hydrogen-bond donors (Lipinski definition) is 1. The number of carbonyl (C=O) groups excluding carboxylic acids is 3. The minimum atomic E-state index is -0.721. The Bertz CT molecular complexity index is 640. The highest BCUT2D eigenvalue weighted by atomic mass is 16.6. The number of phenolic OH excluding ortho intramolecular Hbond substituents is 1. The van der Waals surface area contributed by atoms with E-state index < -0.39 is 28.3 Å². The molecule has 0 bridgehead atoms. The average molecular weight is 340 g/mol. The Morgan fingerprint density at radius 2 is 1.79 bits per heavy atom. The molecule has 0 aromatic heterocycles. The van der Waals surface area contributed by atoms with Crippen molar-refractivity contribution in [3.8, 4) is 5.75 Å². The van der Waals surface area contributed by atoms with E-state index in [0.717, 1.165) is 26.4 Å². The summed E-state index contributed by atoms with van der Waals surface area (Å²) in [4.78, 5) is 45.2. The quantitative estimate of drug-likeness (QED) is 0.306. The SMILES string of the molecule is COC(=O)CN(CC(=O)OC)Cc1cc([N+](=O)[O-])cc(C=O)c1O. The monoisotopic (exact) mass is 340 g/mol. The molecule has 0 unspecified atom stereocenters. The molecule has 10 heteroatoms. The number of non-ortho nitro benzene ring substituents is 1. The molecule has 0 saturated heterocycles. The molecule has 1 N–H and O–H groups in total. The largest absolute Gasteiger partial charge is 0.507 e. The van der Waals surface area contributed by atoms with E-state index in [-0.39, 0.29) is 37.0 Å². The van der Waals surface area contributed by atoms with Crippen molar-refractivity contribution in [2.75, 3.05) is 27.3 Å². The van der Waals surface area contributed by atoms with Crippen LogP contribution >= 0.6 is 0 Å². The van der Waals surface area contributed by atoms with Crippen LogP contribution in [0.15, 0.2) is 12.1 Å². The Kier molecular flexibility index (Phi) is 6.80. The standard InChI is InChI=1S/C14H16N2O8/c1-23-12(18)6-15(7-13(19)24-2)5-9-3-11(16(21)22)4-10(8-17)14(9)20/h3-4,8,20H,5-7H2,1-2H3. The highest BCUT2D eigenvalue weighted by molar-refractivity contribution is 5.81. The number of nitro groups is 1. The third-order valence-electron chi connectivity index (χ3n) is 3.10. The number of phenols is 1. The zero-order chi connectivity index (χ0) is 18.3. The molecule has 0 spiro atoms. The van der Waals surface area contributed by atoms with Gasteiger partial charge in [0.2, 0.25) is 0 Å². The third-order valence-corrected chi connectivity index (χ3v) is 3.10.